The van der Waals surface area contributed by atoms with Gasteiger partial charge in [0.2, 0.25) is 11.0 Å². The molecule has 0 N–H and O–H groups in total. The minimum Gasteiger partial charge on any atom is -0.287 e. The first-order valence-electron chi connectivity index (χ1n) is 4.37. The van der Waals surface area contributed by atoms with Gasteiger partial charge in [-0.2, -0.15) is 4.37 Å². The topological polar surface area (TPSA) is 46.1 Å². The molecular formula is C8H10BrN3OS. The summed E-state index contributed by atoms with van der Waals surface area (Å²) in [6, 6.07) is 0. The zero-order valence-corrected chi connectivity index (χ0v) is 10.1. The van der Waals surface area contributed by atoms with Crippen LogP contribution in [0.1, 0.15) is 12.2 Å². The molecule has 6 heteroatoms. The third-order valence-corrected chi connectivity index (χ3v) is 3.92. The van der Waals surface area contributed by atoms with Crippen molar-refractivity contribution in [1.82, 2.24) is 9.36 Å². The largest absolute Gasteiger partial charge is 0.287 e. The molecule has 0 radical (unpaired) electrons. The van der Waals surface area contributed by atoms with Crippen LogP contribution in [0.2, 0.25) is 0 Å². The Morgan fingerprint density at radius 1 is 1.71 bits per heavy atom. The molecule has 76 valence electrons. The van der Waals surface area contributed by atoms with Crippen LogP contribution in [0.3, 0.4) is 0 Å². The predicted octanol–water partition coefficient (Wildman–Crippen LogP) is 1.59. The predicted molar refractivity (Wildman–Crippen MR) is 58.9 cm³/mol. The smallest absolute Gasteiger partial charge is 0.229 e. The lowest BCUT2D eigenvalue weighted by molar-refractivity contribution is -0.117. The number of amides is 1. The van der Waals surface area contributed by atoms with Crippen LogP contribution in [0.5, 0.6) is 0 Å². The molecule has 0 aliphatic carbocycles. The number of hydrogen-bond donors (Lipinski definition) is 0. The van der Waals surface area contributed by atoms with E-state index in [-0.39, 0.29) is 5.91 Å². The molecule has 14 heavy (non-hydrogen) atoms. The SMILES string of the molecule is Cc1nsc(N2CC(CBr)CC2=O)n1. The van der Waals surface area contributed by atoms with E-state index in [1.807, 2.05) is 6.92 Å². The summed E-state index contributed by atoms with van der Waals surface area (Å²) in [6.45, 7) is 2.60. The fraction of sp³-hybridized carbons (Fsp3) is 0.625. The molecule has 1 aromatic heterocycles. The van der Waals surface area contributed by atoms with E-state index in [0.717, 1.165) is 22.8 Å². The fourth-order valence-corrected chi connectivity index (χ4v) is 2.60. The number of rotatable bonds is 2. The second kappa shape index (κ2) is 3.94. The normalized spacial score (nSPS) is 22.0. The Bertz CT molecular complexity index is 354. The molecule has 2 heterocycles. The van der Waals surface area contributed by atoms with Crippen LogP contribution in [-0.4, -0.2) is 27.1 Å². The highest BCUT2D eigenvalue weighted by Crippen LogP contribution is 2.26. The molecule has 4 nitrogen and oxygen atoms in total. The molecule has 2 rings (SSSR count). The maximum absolute atomic E-state index is 11.6. The van der Waals surface area contributed by atoms with Gasteiger partial charge in [0.1, 0.15) is 5.82 Å². The quantitative estimate of drug-likeness (QED) is 0.771. The minimum absolute atomic E-state index is 0.158. The number of nitrogens with zero attached hydrogens (tertiary/aromatic N) is 3. The van der Waals surface area contributed by atoms with E-state index in [1.165, 1.54) is 11.5 Å². The zero-order valence-electron chi connectivity index (χ0n) is 7.73. The Balaban J connectivity index is 2.16. The number of aromatic nitrogens is 2. The number of anilines is 1. The average molecular weight is 276 g/mol. The van der Waals surface area contributed by atoms with E-state index in [0.29, 0.717) is 12.3 Å². The van der Waals surface area contributed by atoms with Crippen molar-refractivity contribution in [2.75, 3.05) is 16.8 Å². The first kappa shape index (κ1) is 10.0. The molecule has 1 amide bonds. The van der Waals surface area contributed by atoms with Gasteiger partial charge in [-0.25, -0.2) is 4.98 Å². The standard InChI is InChI=1S/C8H10BrN3OS/c1-5-10-8(14-11-5)12-4-6(3-9)2-7(12)13/h6H,2-4H2,1H3. The molecule has 0 saturated carbocycles. The minimum atomic E-state index is 0.158. The number of halogens is 1. The van der Waals surface area contributed by atoms with Gasteiger partial charge in [-0.05, 0) is 12.8 Å². The molecule has 0 aromatic carbocycles. The van der Waals surface area contributed by atoms with Gasteiger partial charge in [-0.3, -0.25) is 9.69 Å². The van der Waals surface area contributed by atoms with Crippen molar-refractivity contribution in [3.8, 4) is 0 Å². The van der Waals surface area contributed by atoms with Crippen molar-refractivity contribution < 1.29 is 4.79 Å². The van der Waals surface area contributed by atoms with Gasteiger partial charge in [-0.15, -0.1) is 0 Å². The van der Waals surface area contributed by atoms with Gasteiger partial charge in [0.15, 0.2) is 0 Å². The summed E-state index contributed by atoms with van der Waals surface area (Å²) in [5, 5.41) is 1.60. The fourth-order valence-electron chi connectivity index (χ4n) is 1.47. The number of carbonyl (C=O) groups excluding carboxylic acids is 1. The Kier molecular flexibility index (Phi) is 2.83. The van der Waals surface area contributed by atoms with Crippen molar-refractivity contribution in [3.63, 3.8) is 0 Å². The van der Waals surface area contributed by atoms with Crippen LogP contribution in [0.15, 0.2) is 0 Å². The number of carbonyl (C=O) groups is 1. The second-order valence-corrected chi connectivity index (χ2v) is 4.73. The molecular weight excluding hydrogens is 266 g/mol. The molecule has 1 aromatic rings. The van der Waals surface area contributed by atoms with E-state index in [9.17, 15) is 4.79 Å². The van der Waals surface area contributed by atoms with Crippen LogP contribution >= 0.6 is 27.5 Å². The highest BCUT2D eigenvalue weighted by molar-refractivity contribution is 9.09. The maximum atomic E-state index is 11.6. The third kappa shape index (κ3) is 1.81. The van der Waals surface area contributed by atoms with Gasteiger partial charge in [0.25, 0.3) is 0 Å². The van der Waals surface area contributed by atoms with Crippen LogP contribution in [0, 0.1) is 12.8 Å². The second-order valence-electron chi connectivity index (χ2n) is 3.35. The average Bonchev–Trinajstić information content (AvgIpc) is 2.71. The van der Waals surface area contributed by atoms with Gasteiger partial charge >= 0.3 is 0 Å². The van der Waals surface area contributed by atoms with E-state index in [2.05, 4.69) is 25.3 Å². The van der Waals surface area contributed by atoms with Crippen molar-refractivity contribution >= 4 is 38.5 Å². The van der Waals surface area contributed by atoms with Crippen LogP contribution in [-0.2, 0) is 4.79 Å². The molecule has 1 fully saturated rings. The maximum Gasteiger partial charge on any atom is 0.229 e. The Morgan fingerprint density at radius 3 is 3.00 bits per heavy atom. The summed E-state index contributed by atoms with van der Waals surface area (Å²) in [6.07, 6.45) is 0.615. The van der Waals surface area contributed by atoms with Crippen molar-refractivity contribution in [2.45, 2.75) is 13.3 Å². The molecule has 1 unspecified atom stereocenters. The number of alkyl halides is 1. The lowest BCUT2D eigenvalue weighted by atomic mass is 10.2. The summed E-state index contributed by atoms with van der Waals surface area (Å²) < 4.78 is 4.07. The Hall–Kier alpha value is -0.490. The molecule has 0 bridgehead atoms. The molecule has 1 atom stereocenters. The zero-order chi connectivity index (χ0) is 10.1. The third-order valence-electron chi connectivity index (χ3n) is 2.17. The van der Waals surface area contributed by atoms with Gasteiger partial charge in [0.05, 0.1) is 0 Å². The summed E-state index contributed by atoms with van der Waals surface area (Å²) in [5.41, 5.74) is 0. The lowest BCUT2D eigenvalue weighted by Crippen LogP contribution is -2.24. The van der Waals surface area contributed by atoms with Crippen molar-refractivity contribution in [1.29, 1.82) is 0 Å². The summed E-state index contributed by atoms with van der Waals surface area (Å²) in [5.74, 6) is 1.30. The van der Waals surface area contributed by atoms with E-state index in [4.69, 9.17) is 0 Å². The van der Waals surface area contributed by atoms with Crippen molar-refractivity contribution in [3.05, 3.63) is 5.82 Å². The van der Waals surface area contributed by atoms with Crippen molar-refractivity contribution in [2.24, 2.45) is 5.92 Å². The van der Waals surface area contributed by atoms with Gasteiger partial charge in [0, 0.05) is 29.8 Å². The molecule has 1 aliphatic heterocycles. The first-order valence-corrected chi connectivity index (χ1v) is 6.27. The van der Waals surface area contributed by atoms with Crippen LogP contribution < -0.4 is 4.90 Å². The Morgan fingerprint density at radius 2 is 2.50 bits per heavy atom. The highest BCUT2D eigenvalue weighted by atomic mass is 79.9. The van der Waals surface area contributed by atoms with E-state index >= 15 is 0 Å². The lowest BCUT2D eigenvalue weighted by Gasteiger charge is -2.10. The summed E-state index contributed by atoms with van der Waals surface area (Å²) in [4.78, 5) is 17.5. The monoisotopic (exact) mass is 275 g/mol. The Labute approximate surface area is 94.6 Å². The molecule has 0 spiro atoms. The van der Waals surface area contributed by atoms with Gasteiger partial charge in [-0.1, -0.05) is 15.9 Å². The van der Waals surface area contributed by atoms with E-state index in [1.54, 1.807) is 4.90 Å². The molecule has 1 saturated heterocycles. The summed E-state index contributed by atoms with van der Waals surface area (Å²) >= 11 is 4.69. The van der Waals surface area contributed by atoms with E-state index < -0.39 is 0 Å². The van der Waals surface area contributed by atoms with Crippen LogP contribution in [0.25, 0.3) is 0 Å². The van der Waals surface area contributed by atoms with Gasteiger partial charge < -0.3 is 0 Å². The number of aryl methyl sites for hydroxylation is 1. The van der Waals surface area contributed by atoms with Crippen LogP contribution in [0.4, 0.5) is 5.13 Å². The first-order chi connectivity index (χ1) is 6.70. The number of hydrogen-bond acceptors (Lipinski definition) is 4. The molecule has 1 aliphatic rings. The highest BCUT2D eigenvalue weighted by Gasteiger charge is 2.31. The summed E-state index contributed by atoms with van der Waals surface area (Å²) in [7, 11) is 0.